The molecule has 0 bridgehead atoms. The number of rotatable bonds is 3. The highest BCUT2D eigenvalue weighted by atomic mass is 16.2. The molecule has 0 radical (unpaired) electrons. The fraction of sp³-hybridized carbons (Fsp3) is 0.333. The molecule has 2 aromatic heterocycles. The maximum Gasteiger partial charge on any atom is 0.273 e. The fourth-order valence-electron chi connectivity index (χ4n) is 4.03. The number of hydrogen-bond acceptors (Lipinski definition) is 6. The third-order valence-electron chi connectivity index (χ3n) is 5.69. The average Bonchev–Trinajstić information content (AvgIpc) is 2.73. The lowest BCUT2D eigenvalue weighted by Crippen LogP contribution is -2.64. The van der Waals surface area contributed by atoms with Gasteiger partial charge in [0.2, 0.25) is 5.95 Å². The van der Waals surface area contributed by atoms with Crippen LogP contribution in [0.4, 0.5) is 5.95 Å². The van der Waals surface area contributed by atoms with Crippen molar-refractivity contribution >= 4 is 22.6 Å². The number of likely N-dealkylation sites (tertiary alicyclic amines) is 1. The van der Waals surface area contributed by atoms with Gasteiger partial charge in [0, 0.05) is 69.3 Å². The van der Waals surface area contributed by atoms with Crippen molar-refractivity contribution < 1.29 is 4.79 Å². The summed E-state index contributed by atoms with van der Waals surface area (Å²) in [6, 6.07) is 12.1. The second kappa shape index (κ2) is 7.16. The smallest absolute Gasteiger partial charge is 0.273 e. The summed E-state index contributed by atoms with van der Waals surface area (Å²) in [5.74, 6) is 0.832. The van der Waals surface area contributed by atoms with Crippen LogP contribution in [0.25, 0.3) is 10.8 Å². The third kappa shape index (κ3) is 3.07. The first-order valence-electron chi connectivity index (χ1n) is 9.68. The molecular weight excluding hydrogens is 352 g/mol. The van der Waals surface area contributed by atoms with E-state index >= 15 is 0 Å². The van der Waals surface area contributed by atoms with Crippen LogP contribution in [0.15, 0.2) is 55.0 Å². The van der Waals surface area contributed by atoms with Crippen LogP contribution >= 0.6 is 0 Å². The summed E-state index contributed by atoms with van der Waals surface area (Å²) in [4.78, 5) is 32.6. The molecule has 2 fully saturated rings. The number of amides is 1. The van der Waals surface area contributed by atoms with Crippen molar-refractivity contribution in [1.29, 1.82) is 0 Å². The van der Waals surface area contributed by atoms with Crippen molar-refractivity contribution in [2.75, 3.05) is 44.2 Å². The van der Waals surface area contributed by atoms with Gasteiger partial charge in [-0.2, -0.15) is 0 Å². The van der Waals surface area contributed by atoms with Gasteiger partial charge >= 0.3 is 0 Å². The van der Waals surface area contributed by atoms with E-state index in [-0.39, 0.29) is 5.91 Å². The van der Waals surface area contributed by atoms with Gasteiger partial charge < -0.3 is 9.80 Å². The highest BCUT2D eigenvalue weighted by Gasteiger charge is 2.37. The number of piperazine rings is 1. The molecule has 2 saturated heterocycles. The Kier molecular flexibility index (Phi) is 4.37. The van der Waals surface area contributed by atoms with E-state index in [0.29, 0.717) is 11.7 Å². The zero-order chi connectivity index (χ0) is 18.9. The molecule has 28 heavy (non-hydrogen) atoms. The van der Waals surface area contributed by atoms with Crippen molar-refractivity contribution in [2.24, 2.45) is 0 Å². The number of anilines is 1. The molecule has 1 amide bonds. The van der Waals surface area contributed by atoms with Crippen LogP contribution in [-0.4, -0.2) is 76.0 Å². The third-order valence-corrected chi connectivity index (χ3v) is 5.69. The molecule has 0 N–H and O–H groups in total. The molecule has 7 nitrogen and oxygen atoms in total. The normalized spacial score (nSPS) is 18.3. The van der Waals surface area contributed by atoms with E-state index in [4.69, 9.17) is 0 Å². The van der Waals surface area contributed by atoms with Gasteiger partial charge in [0.25, 0.3) is 5.91 Å². The van der Waals surface area contributed by atoms with Crippen molar-refractivity contribution in [3.8, 4) is 0 Å². The van der Waals surface area contributed by atoms with Crippen LogP contribution in [0, 0.1) is 0 Å². The molecule has 0 spiro atoms. The van der Waals surface area contributed by atoms with Crippen molar-refractivity contribution in [3.05, 3.63) is 60.7 Å². The van der Waals surface area contributed by atoms with E-state index in [9.17, 15) is 4.79 Å². The second-order valence-corrected chi connectivity index (χ2v) is 7.32. The lowest BCUT2D eigenvalue weighted by Gasteiger charge is -2.48. The van der Waals surface area contributed by atoms with Crippen LogP contribution < -0.4 is 4.90 Å². The van der Waals surface area contributed by atoms with E-state index in [1.54, 1.807) is 18.6 Å². The summed E-state index contributed by atoms with van der Waals surface area (Å²) in [5, 5.41) is 1.98. The van der Waals surface area contributed by atoms with Gasteiger partial charge in [-0.15, -0.1) is 0 Å². The number of aromatic nitrogens is 3. The topological polar surface area (TPSA) is 65.5 Å². The van der Waals surface area contributed by atoms with Crippen molar-refractivity contribution in [1.82, 2.24) is 24.8 Å². The van der Waals surface area contributed by atoms with Gasteiger partial charge in [-0.05, 0) is 17.5 Å². The summed E-state index contributed by atoms with van der Waals surface area (Å²) in [7, 11) is 0. The lowest BCUT2D eigenvalue weighted by molar-refractivity contribution is 0.0243. The van der Waals surface area contributed by atoms with Gasteiger partial charge in [-0.25, -0.2) is 9.97 Å². The molecule has 142 valence electrons. The Bertz CT molecular complexity index is 975. The van der Waals surface area contributed by atoms with E-state index in [0.717, 1.165) is 56.0 Å². The van der Waals surface area contributed by atoms with Gasteiger partial charge in [0.15, 0.2) is 0 Å². The first-order valence-corrected chi connectivity index (χ1v) is 9.68. The molecule has 3 aromatic rings. The number of carbonyl (C=O) groups excluding carboxylic acids is 1. The average molecular weight is 374 g/mol. The van der Waals surface area contributed by atoms with Gasteiger partial charge in [0.05, 0.1) is 0 Å². The quantitative estimate of drug-likeness (QED) is 0.695. The number of benzene rings is 1. The molecule has 2 aliphatic rings. The second-order valence-electron chi connectivity index (χ2n) is 7.32. The summed E-state index contributed by atoms with van der Waals surface area (Å²) < 4.78 is 0. The van der Waals surface area contributed by atoms with Crippen LogP contribution in [0.3, 0.4) is 0 Å². The van der Waals surface area contributed by atoms with Crippen LogP contribution in [-0.2, 0) is 0 Å². The van der Waals surface area contributed by atoms with Gasteiger partial charge in [0.1, 0.15) is 5.69 Å². The Labute approximate surface area is 163 Å². The maximum absolute atomic E-state index is 12.9. The van der Waals surface area contributed by atoms with Crippen molar-refractivity contribution in [2.45, 2.75) is 6.04 Å². The molecule has 1 aromatic carbocycles. The molecule has 4 heterocycles. The first kappa shape index (κ1) is 17.1. The minimum atomic E-state index is 0.0318. The van der Waals surface area contributed by atoms with E-state index < -0.39 is 0 Å². The highest BCUT2D eigenvalue weighted by Crippen LogP contribution is 2.23. The SMILES string of the molecule is O=C(c1nccc2ccccc12)N1CC(N2CCN(c3ncccn3)CC2)C1. The Morgan fingerprint density at radius 1 is 0.857 bits per heavy atom. The molecule has 0 unspecified atom stereocenters. The van der Waals surface area contributed by atoms with E-state index in [1.165, 1.54) is 0 Å². The summed E-state index contributed by atoms with van der Waals surface area (Å²) >= 11 is 0. The standard InChI is InChI=1S/C21H22N6O/c28-20(19-18-5-2-1-4-16(18)6-9-22-19)27-14-17(15-27)25-10-12-26(13-11-25)21-23-7-3-8-24-21/h1-9,17H,10-15H2. The monoisotopic (exact) mass is 374 g/mol. The fourth-order valence-corrected chi connectivity index (χ4v) is 4.03. The van der Waals surface area contributed by atoms with Crippen LogP contribution in [0.1, 0.15) is 10.5 Å². The summed E-state index contributed by atoms with van der Waals surface area (Å²) in [6.07, 6.45) is 5.29. The maximum atomic E-state index is 12.9. The molecule has 7 heteroatoms. The summed E-state index contributed by atoms with van der Waals surface area (Å²) in [5.41, 5.74) is 0.558. The number of hydrogen-bond donors (Lipinski definition) is 0. The number of carbonyl (C=O) groups is 1. The highest BCUT2D eigenvalue weighted by molar-refractivity contribution is 6.05. The number of pyridine rings is 1. The number of fused-ring (bicyclic) bond motifs is 1. The minimum absolute atomic E-state index is 0.0318. The predicted octanol–water partition coefficient (Wildman–Crippen LogP) is 1.67. The molecule has 5 rings (SSSR count). The van der Waals surface area contributed by atoms with Gasteiger partial charge in [-0.1, -0.05) is 24.3 Å². The van der Waals surface area contributed by atoms with Crippen molar-refractivity contribution in [3.63, 3.8) is 0 Å². The lowest BCUT2D eigenvalue weighted by atomic mass is 10.0. The predicted molar refractivity (Wildman–Crippen MR) is 107 cm³/mol. The Balaban J connectivity index is 1.19. The first-order chi connectivity index (χ1) is 13.8. The summed E-state index contributed by atoms with van der Waals surface area (Å²) in [6.45, 7) is 5.31. The van der Waals surface area contributed by atoms with Crippen LogP contribution in [0.5, 0.6) is 0 Å². The Morgan fingerprint density at radius 3 is 2.39 bits per heavy atom. The zero-order valence-electron chi connectivity index (χ0n) is 15.6. The van der Waals surface area contributed by atoms with Crippen LogP contribution in [0.2, 0.25) is 0 Å². The molecule has 0 atom stereocenters. The minimum Gasteiger partial charge on any atom is -0.338 e. The molecule has 0 aliphatic carbocycles. The Hall–Kier alpha value is -3.06. The van der Waals surface area contributed by atoms with Gasteiger partial charge in [-0.3, -0.25) is 14.7 Å². The van der Waals surface area contributed by atoms with E-state index in [2.05, 4.69) is 24.8 Å². The zero-order valence-corrected chi connectivity index (χ0v) is 15.6. The largest absolute Gasteiger partial charge is 0.338 e. The number of nitrogens with zero attached hydrogens (tertiary/aromatic N) is 6. The molecular formula is C21H22N6O. The van der Waals surface area contributed by atoms with E-state index in [1.807, 2.05) is 41.3 Å². The molecule has 0 saturated carbocycles. The molecule has 2 aliphatic heterocycles. The Morgan fingerprint density at radius 2 is 1.61 bits per heavy atom.